The van der Waals surface area contributed by atoms with Crippen LogP contribution in [0.1, 0.15) is 6.92 Å². The summed E-state index contributed by atoms with van der Waals surface area (Å²) < 4.78 is 31.9. The van der Waals surface area contributed by atoms with E-state index in [0.29, 0.717) is 25.2 Å². The molecule has 1 unspecified atom stereocenters. The minimum atomic E-state index is -3.59. The van der Waals surface area contributed by atoms with Crippen LogP contribution in [0, 0.1) is 0 Å². The Hall–Kier alpha value is -1.64. The van der Waals surface area contributed by atoms with Gasteiger partial charge in [0.2, 0.25) is 10.0 Å². The standard InChI is InChI=1S/C13H17N3O4S/c1-9-8-15(2)5-6-16(9)21(18,19)10-3-4-11-12(7-10)20-13(17)14-11/h3-4,7,9H,5-6,8H2,1-2H3,(H,14,17). The number of benzene rings is 1. The summed E-state index contributed by atoms with van der Waals surface area (Å²) >= 11 is 0. The van der Waals surface area contributed by atoms with Gasteiger partial charge >= 0.3 is 5.76 Å². The number of likely N-dealkylation sites (N-methyl/N-ethyl adjacent to an activating group) is 1. The molecule has 1 aromatic carbocycles. The number of nitrogens with one attached hydrogen (secondary N) is 1. The van der Waals surface area contributed by atoms with E-state index in [4.69, 9.17) is 4.42 Å². The van der Waals surface area contributed by atoms with Crippen LogP contribution in [-0.2, 0) is 10.0 Å². The van der Waals surface area contributed by atoms with Crippen molar-refractivity contribution in [2.24, 2.45) is 0 Å². The maximum atomic E-state index is 12.7. The van der Waals surface area contributed by atoms with Crippen molar-refractivity contribution < 1.29 is 12.8 Å². The summed E-state index contributed by atoms with van der Waals surface area (Å²) in [7, 11) is -1.61. The smallest absolute Gasteiger partial charge is 0.408 e. The van der Waals surface area contributed by atoms with E-state index in [9.17, 15) is 13.2 Å². The van der Waals surface area contributed by atoms with Gasteiger partial charge in [-0.3, -0.25) is 4.98 Å². The van der Waals surface area contributed by atoms with E-state index in [1.54, 1.807) is 6.07 Å². The first-order chi connectivity index (χ1) is 9.88. The molecule has 8 heteroatoms. The first-order valence-electron chi connectivity index (χ1n) is 6.71. The molecule has 1 aliphatic rings. The molecule has 1 fully saturated rings. The molecular weight excluding hydrogens is 294 g/mol. The fourth-order valence-corrected chi connectivity index (χ4v) is 4.33. The summed E-state index contributed by atoms with van der Waals surface area (Å²) in [6.45, 7) is 3.74. The predicted octanol–water partition coefficient (Wildman–Crippen LogP) is 0.446. The third-order valence-corrected chi connectivity index (χ3v) is 5.78. The van der Waals surface area contributed by atoms with E-state index in [1.165, 1.54) is 16.4 Å². The Balaban J connectivity index is 2.01. The summed E-state index contributed by atoms with van der Waals surface area (Å²) in [6, 6.07) is 4.35. The highest BCUT2D eigenvalue weighted by Crippen LogP contribution is 2.23. The molecule has 1 aromatic heterocycles. The number of fused-ring (bicyclic) bond motifs is 1. The van der Waals surface area contributed by atoms with Crippen LogP contribution in [0.2, 0.25) is 0 Å². The Labute approximate surface area is 122 Å². The molecule has 1 saturated heterocycles. The van der Waals surface area contributed by atoms with Crippen LogP contribution in [-0.4, -0.2) is 55.3 Å². The van der Waals surface area contributed by atoms with Crippen molar-refractivity contribution in [1.29, 1.82) is 0 Å². The van der Waals surface area contributed by atoms with Gasteiger partial charge in [0.1, 0.15) is 0 Å². The van der Waals surface area contributed by atoms with Gasteiger partial charge in [-0.1, -0.05) is 0 Å². The lowest BCUT2D eigenvalue weighted by Gasteiger charge is -2.37. The van der Waals surface area contributed by atoms with Crippen LogP contribution in [0.4, 0.5) is 0 Å². The highest BCUT2D eigenvalue weighted by Gasteiger charge is 2.32. The van der Waals surface area contributed by atoms with Gasteiger partial charge in [0.05, 0.1) is 10.4 Å². The molecule has 0 bridgehead atoms. The quantitative estimate of drug-likeness (QED) is 0.870. The van der Waals surface area contributed by atoms with E-state index in [-0.39, 0.29) is 16.5 Å². The average Bonchev–Trinajstić information content (AvgIpc) is 2.77. The SMILES string of the molecule is CC1CN(C)CCN1S(=O)(=O)c1ccc2[nH]c(=O)oc2c1. The first-order valence-corrected chi connectivity index (χ1v) is 8.15. The molecule has 0 spiro atoms. The molecule has 7 nitrogen and oxygen atoms in total. The van der Waals surface area contributed by atoms with E-state index in [1.807, 2.05) is 14.0 Å². The molecule has 21 heavy (non-hydrogen) atoms. The van der Waals surface area contributed by atoms with Crippen molar-refractivity contribution in [2.45, 2.75) is 17.9 Å². The number of aromatic nitrogens is 1. The van der Waals surface area contributed by atoms with Crippen molar-refractivity contribution in [3.63, 3.8) is 0 Å². The number of aromatic amines is 1. The summed E-state index contributed by atoms with van der Waals surface area (Å²) in [5.74, 6) is -0.590. The van der Waals surface area contributed by atoms with E-state index >= 15 is 0 Å². The number of sulfonamides is 1. The zero-order valence-electron chi connectivity index (χ0n) is 11.9. The maximum Gasteiger partial charge on any atom is 0.417 e. The highest BCUT2D eigenvalue weighted by molar-refractivity contribution is 7.89. The molecule has 3 rings (SSSR count). The van der Waals surface area contributed by atoms with Crippen LogP contribution in [0.3, 0.4) is 0 Å². The van der Waals surface area contributed by atoms with Gasteiger partial charge in [-0.05, 0) is 26.1 Å². The second kappa shape index (κ2) is 4.97. The monoisotopic (exact) mass is 311 g/mol. The van der Waals surface area contributed by atoms with Crippen molar-refractivity contribution in [3.8, 4) is 0 Å². The van der Waals surface area contributed by atoms with Gasteiger partial charge < -0.3 is 9.32 Å². The lowest BCUT2D eigenvalue weighted by Crippen LogP contribution is -2.52. The number of hydrogen-bond acceptors (Lipinski definition) is 5. The van der Waals surface area contributed by atoms with E-state index in [0.717, 1.165) is 0 Å². The van der Waals surface area contributed by atoms with E-state index in [2.05, 4.69) is 9.88 Å². The van der Waals surface area contributed by atoms with Crippen molar-refractivity contribution in [1.82, 2.24) is 14.2 Å². The molecular formula is C13H17N3O4S. The Morgan fingerprint density at radius 1 is 1.33 bits per heavy atom. The van der Waals surface area contributed by atoms with Gasteiger partial charge in [0.15, 0.2) is 5.58 Å². The fourth-order valence-electron chi connectivity index (χ4n) is 2.70. The zero-order chi connectivity index (χ0) is 15.2. The Morgan fingerprint density at radius 3 is 2.81 bits per heavy atom. The number of piperazine rings is 1. The molecule has 0 amide bonds. The number of H-pyrrole nitrogens is 1. The van der Waals surface area contributed by atoms with Gasteiger partial charge in [0, 0.05) is 31.7 Å². The summed E-state index contributed by atoms with van der Waals surface area (Å²) in [5.41, 5.74) is 0.744. The predicted molar refractivity (Wildman–Crippen MR) is 77.7 cm³/mol. The topological polar surface area (TPSA) is 86.6 Å². The minimum absolute atomic E-state index is 0.0947. The van der Waals surface area contributed by atoms with E-state index < -0.39 is 15.8 Å². The second-order valence-electron chi connectivity index (χ2n) is 5.40. The van der Waals surface area contributed by atoms with Crippen LogP contribution < -0.4 is 5.76 Å². The summed E-state index contributed by atoms with van der Waals surface area (Å²) in [5, 5.41) is 0. The summed E-state index contributed by atoms with van der Waals surface area (Å²) in [4.78, 5) is 15.9. The van der Waals surface area contributed by atoms with Crippen LogP contribution in [0.25, 0.3) is 11.1 Å². The third kappa shape index (κ3) is 2.50. The van der Waals surface area contributed by atoms with Crippen LogP contribution in [0.15, 0.2) is 32.3 Å². The zero-order valence-corrected chi connectivity index (χ0v) is 12.7. The van der Waals surface area contributed by atoms with Crippen LogP contribution >= 0.6 is 0 Å². The summed E-state index contributed by atoms with van der Waals surface area (Å²) in [6.07, 6.45) is 0. The van der Waals surface area contributed by atoms with Crippen molar-refractivity contribution in [3.05, 3.63) is 28.7 Å². The fraction of sp³-hybridized carbons (Fsp3) is 0.462. The second-order valence-corrected chi connectivity index (χ2v) is 7.29. The molecule has 0 saturated carbocycles. The Bertz CT molecular complexity index is 823. The van der Waals surface area contributed by atoms with Gasteiger partial charge in [-0.2, -0.15) is 4.31 Å². The number of rotatable bonds is 2. The van der Waals surface area contributed by atoms with Crippen molar-refractivity contribution in [2.75, 3.05) is 26.7 Å². The lowest BCUT2D eigenvalue weighted by atomic mass is 10.2. The average molecular weight is 311 g/mol. The number of hydrogen-bond donors (Lipinski definition) is 1. The molecule has 1 atom stereocenters. The van der Waals surface area contributed by atoms with Gasteiger partial charge in [0.25, 0.3) is 0 Å². The largest absolute Gasteiger partial charge is 0.417 e. The molecule has 2 heterocycles. The molecule has 0 aliphatic carbocycles. The third-order valence-electron chi connectivity index (χ3n) is 3.77. The maximum absolute atomic E-state index is 12.7. The highest BCUT2D eigenvalue weighted by atomic mass is 32.2. The Kier molecular flexibility index (Phi) is 3.39. The molecule has 2 aromatic rings. The van der Waals surface area contributed by atoms with Crippen LogP contribution in [0.5, 0.6) is 0 Å². The van der Waals surface area contributed by atoms with Crippen molar-refractivity contribution >= 4 is 21.1 Å². The number of nitrogens with zero attached hydrogens (tertiary/aromatic N) is 2. The molecule has 1 N–H and O–H groups in total. The molecule has 114 valence electrons. The molecule has 0 radical (unpaired) electrons. The number of oxazole rings is 1. The van der Waals surface area contributed by atoms with Gasteiger partial charge in [-0.25, -0.2) is 13.2 Å². The first kappa shape index (κ1) is 14.3. The lowest BCUT2D eigenvalue weighted by molar-refractivity contribution is 0.170. The van der Waals surface area contributed by atoms with Gasteiger partial charge in [-0.15, -0.1) is 0 Å². The minimum Gasteiger partial charge on any atom is -0.408 e. The Morgan fingerprint density at radius 2 is 2.10 bits per heavy atom. The molecule has 1 aliphatic heterocycles. The normalized spacial score (nSPS) is 21.9.